The second-order valence-electron chi connectivity index (χ2n) is 4.86. The molecule has 1 aliphatic heterocycles. The van der Waals surface area contributed by atoms with Gasteiger partial charge < -0.3 is 19.5 Å². The highest BCUT2D eigenvalue weighted by Crippen LogP contribution is 2.22. The Balaban J connectivity index is 1.62. The maximum absolute atomic E-state index is 12.4. The summed E-state index contributed by atoms with van der Waals surface area (Å²) in [7, 11) is 0. The van der Waals surface area contributed by atoms with Gasteiger partial charge in [0.15, 0.2) is 0 Å². The number of nitrogens with zero attached hydrogens (tertiary/aromatic N) is 2. The molecule has 0 radical (unpaired) electrons. The van der Waals surface area contributed by atoms with Crippen molar-refractivity contribution in [3.63, 3.8) is 0 Å². The molecule has 1 saturated heterocycles. The summed E-state index contributed by atoms with van der Waals surface area (Å²) in [6.45, 7) is 4.25. The van der Waals surface area contributed by atoms with Gasteiger partial charge in [-0.3, -0.25) is 4.79 Å². The standard InChI is InChI=1S/C14H17N3O3S/c1-2-20-14(19)17-6-4-16(5-7-17)13(18)11-9-12-10(15-11)3-8-21-12/h3,8-9,15H,2,4-7H2,1H3. The van der Waals surface area contributed by atoms with Gasteiger partial charge in [0, 0.05) is 26.2 Å². The Kier molecular flexibility index (Phi) is 3.83. The molecule has 1 fully saturated rings. The largest absolute Gasteiger partial charge is 0.450 e. The fourth-order valence-corrected chi connectivity index (χ4v) is 3.22. The summed E-state index contributed by atoms with van der Waals surface area (Å²) in [5.74, 6) is -0.0121. The van der Waals surface area contributed by atoms with Crippen LogP contribution in [0.5, 0.6) is 0 Å². The van der Waals surface area contributed by atoms with Crippen molar-refractivity contribution in [2.24, 2.45) is 0 Å². The van der Waals surface area contributed by atoms with Gasteiger partial charge in [-0.15, -0.1) is 11.3 Å². The number of rotatable bonds is 2. The zero-order chi connectivity index (χ0) is 14.8. The molecule has 0 unspecified atom stereocenters. The van der Waals surface area contributed by atoms with Crippen molar-refractivity contribution in [3.05, 3.63) is 23.2 Å². The van der Waals surface area contributed by atoms with Gasteiger partial charge in [0.05, 0.1) is 16.8 Å². The first-order valence-electron chi connectivity index (χ1n) is 6.96. The molecule has 0 spiro atoms. The molecule has 6 nitrogen and oxygen atoms in total. The summed E-state index contributed by atoms with van der Waals surface area (Å²) >= 11 is 1.61. The van der Waals surface area contributed by atoms with Crippen molar-refractivity contribution in [2.75, 3.05) is 32.8 Å². The van der Waals surface area contributed by atoms with Crippen LogP contribution in [0.1, 0.15) is 17.4 Å². The predicted octanol–water partition coefficient (Wildman–Crippen LogP) is 2.14. The number of aromatic nitrogens is 1. The van der Waals surface area contributed by atoms with Crippen LogP contribution < -0.4 is 0 Å². The fourth-order valence-electron chi connectivity index (χ4n) is 2.44. The molecule has 2 aromatic heterocycles. The molecule has 1 aliphatic rings. The average molecular weight is 307 g/mol. The molecular formula is C14H17N3O3S. The number of aromatic amines is 1. The Morgan fingerprint density at radius 2 is 2.00 bits per heavy atom. The predicted molar refractivity (Wildman–Crippen MR) is 80.7 cm³/mol. The quantitative estimate of drug-likeness (QED) is 0.924. The van der Waals surface area contributed by atoms with Crippen LogP contribution in [-0.2, 0) is 4.74 Å². The Hall–Kier alpha value is -2.02. The second-order valence-corrected chi connectivity index (χ2v) is 5.81. The summed E-state index contributed by atoms with van der Waals surface area (Å²) in [5.41, 5.74) is 1.61. The van der Waals surface area contributed by atoms with Gasteiger partial charge in [0.25, 0.3) is 5.91 Å². The third kappa shape index (κ3) is 2.73. The minimum atomic E-state index is -0.301. The molecule has 3 heterocycles. The van der Waals surface area contributed by atoms with Crippen LogP contribution in [-0.4, -0.2) is 59.6 Å². The van der Waals surface area contributed by atoms with Gasteiger partial charge in [-0.25, -0.2) is 4.79 Å². The van der Waals surface area contributed by atoms with E-state index in [1.165, 1.54) is 0 Å². The molecule has 3 rings (SSSR count). The molecule has 0 bridgehead atoms. The highest BCUT2D eigenvalue weighted by Gasteiger charge is 2.26. The van der Waals surface area contributed by atoms with E-state index >= 15 is 0 Å². The first-order chi connectivity index (χ1) is 10.2. The van der Waals surface area contributed by atoms with Crippen LogP contribution in [0.2, 0.25) is 0 Å². The number of piperazine rings is 1. The Bertz CT molecular complexity index is 627. The minimum absolute atomic E-state index is 0.0121. The minimum Gasteiger partial charge on any atom is -0.450 e. The zero-order valence-electron chi connectivity index (χ0n) is 11.8. The van der Waals surface area contributed by atoms with Crippen LogP contribution in [0.25, 0.3) is 10.2 Å². The number of fused-ring (bicyclic) bond motifs is 1. The molecule has 0 saturated carbocycles. The number of carbonyl (C=O) groups is 2. The number of H-pyrrole nitrogens is 1. The molecular weight excluding hydrogens is 290 g/mol. The monoisotopic (exact) mass is 307 g/mol. The van der Waals surface area contributed by atoms with Gasteiger partial charge in [-0.2, -0.15) is 0 Å². The van der Waals surface area contributed by atoms with Crippen molar-refractivity contribution >= 4 is 33.6 Å². The number of hydrogen-bond acceptors (Lipinski definition) is 4. The van der Waals surface area contributed by atoms with Crippen molar-refractivity contribution in [1.29, 1.82) is 0 Å². The summed E-state index contributed by atoms with van der Waals surface area (Å²) in [5, 5.41) is 1.99. The van der Waals surface area contributed by atoms with Crippen molar-refractivity contribution in [3.8, 4) is 0 Å². The van der Waals surface area contributed by atoms with E-state index in [0.29, 0.717) is 38.5 Å². The maximum atomic E-state index is 12.4. The lowest BCUT2D eigenvalue weighted by molar-refractivity contribution is 0.0566. The van der Waals surface area contributed by atoms with Gasteiger partial charge >= 0.3 is 6.09 Å². The number of amides is 2. The van der Waals surface area contributed by atoms with Gasteiger partial charge in [-0.1, -0.05) is 0 Å². The lowest BCUT2D eigenvalue weighted by atomic mass is 10.3. The lowest BCUT2D eigenvalue weighted by Gasteiger charge is -2.33. The highest BCUT2D eigenvalue weighted by atomic mass is 32.1. The first-order valence-corrected chi connectivity index (χ1v) is 7.84. The zero-order valence-corrected chi connectivity index (χ0v) is 12.6. The molecule has 2 aromatic rings. The van der Waals surface area contributed by atoms with E-state index in [1.54, 1.807) is 28.1 Å². The van der Waals surface area contributed by atoms with Gasteiger partial charge in [0.1, 0.15) is 5.69 Å². The van der Waals surface area contributed by atoms with E-state index in [2.05, 4.69) is 4.98 Å². The molecule has 1 N–H and O–H groups in total. The smallest absolute Gasteiger partial charge is 0.409 e. The molecule has 0 aromatic carbocycles. The molecule has 2 amide bonds. The van der Waals surface area contributed by atoms with E-state index in [4.69, 9.17) is 4.74 Å². The SMILES string of the molecule is CCOC(=O)N1CCN(C(=O)c2cc3sccc3[nH]2)CC1. The van der Waals surface area contributed by atoms with Gasteiger partial charge in [-0.05, 0) is 24.4 Å². The molecule has 112 valence electrons. The summed E-state index contributed by atoms with van der Waals surface area (Å²) < 4.78 is 6.06. The number of thiophene rings is 1. The Morgan fingerprint density at radius 3 is 2.67 bits per heavy atom. The van der Waals surface area contributed by atoms with Crippen LogP contribution in [0.3, 0.4) is 0 Å². The second kappa shape index (κ2) is 5.77. The number of nitrogens with one attached hydrogen (secondary N) is 1. The third-order valence-corrected chi connectivity index (χ3v) is 4.43. The number of ether oxygens (including phenoxy) is 1. The number of hydrogen-bond donors (Lipinski definition) is 1. The average Bonchev–Trinajstić information content (AvgIpc) is 3.08. The maximum Gasteiger partial charge on any atom is 0.409 e. The topological polar surface area (TPSA) is 65.6 Å². The summed E-state index contributed by atoms with van der Waals surface area (Å²) in [6.07, 6.45) is -0.301. The molecule has 7 heteroatoms. The van der Waals surface area contributed by atoms with Crippen LogP contribution in [0, 0.1) is 0 Å². The first kappa shape index (κ1) is 13.9. The lowest BCUT2D eigenvalue weighted by Crippen LogP contribution is -2.50. The molecule has 0 aliphatic carbocycles. The number of carbonyl (C=O) groups excluding carboxylic acids is 2. The van der Waals surface area contributed by atoms with Crippen LogP contribution in [0.15, 0.2) is 17.5 Å². The van der Waals surface area contributed by atoms with Crippen LogP contribution >= 0.6 is 11.3 Å². The highest BCUT2D eigenvalue weighted by molar-refractivity contribution is 7.17. The third-order valence-electron chi connectivity index (χ3n) is 3.56. The normalized spacial score (nSPS) is 15.5. The Morgan fingerprint density at radius 1 is 1.29 bits per heavy atom. The van der Waals surface area contributed by atoms with Crippen molar-refractivity contribution < 1.29 is 14.3 Å². The molecule has 0 atom stereocenters. The van der Waals surface area contributed by atoms with Crippen LogP contribution in [0.4, 0.5) is 4.79 Å². The fraction of sp³-hybridized carbons (Fsp3) is 0.429. The summed E-state index contributed by atoms with van der Waals surface area (Å²) in [4.78, 5) is 30.6. The van der Waals surface area contributed by atoms with Gasteiger partial charge in [0.2, 0.25) is 0 Å². The Labute approximate surface area is 126 Å². The van der Waals surface area contributed by atoms with Crippen molar-refractivity contribution in [2.45, 2.75) is 6.92 Å². The summed E-state index contributed by atoms with van der Waals surface area (Å²) in [6, 6.07) is 3.86. The van der Waals surface area contributed by atoms with E-state index < -0.39 is 0 Å². The van der Waals surface area contributed by atoms with E-state index in [9.17, 15) is 9.59 Å². The van der Waals surface area contributed by atoms with E-state index in [0.717, 1.165) is 10.2 Å². The van der Waals surface area contributed by atoms with E-state index in [1.807, 2.05) is 17.5 Å². The molecule has 21 heavy (non-hydrogen) atoms. The van der Waals surface area contributed by atoms with E-state index in [-0.39, 0.29) is 12.0 Å². The van der Waals surface area contributed by atoms with Crippen molar-refractivity contribution in [1.82, 2.24) is 14.8 Å².